The molecule has 1 heterocycles. The third-order valence-corrected chi connectivity index (χ3v) is 3.81. The van der Waals surface area contributed by atoms with Crippen molar-refractivity contribution in [1.29, 1.82) is 0 Å². The number of methoxy groups -OCH3 is 1. The largest absolute Gasteiger partial charge is 0.496 e. The van der Waals surface area contributed by atoms with E-state index in [1.54, 1.807) is 7.11 Å². The first kappa shape index (κ1) is 14.4. The molecule has 1 N–H and O–H groups in total. The number of nitrogens with one attached hydrogen (secondary N) is 1. The highest BCUT2D eigenvalue weighted by atomic mass is 35.5. The Morgan fingerprint density at radius 2 is 2.32 bits per heavy atom. The SMILES string of the molecule is COc1ccc(Cl)cc1/C=C(/C)CC1CCCCN1. The zero-order valence-electron chi connectivity index (χ0n) is 11.7. The molecule has 0 saturated carbocycles. The highest BCUT2D eigenvalue weighted by Gasteiger charge is 2.12. The second kappa shape index (κ2) is 6.97. The Kier molecular flexibility index (Phi) is 5.29. The Bertz CT molecular complexity index is 450. The molecule has 1 atom stereocenters. The van der Waals surface area contributed by atoms with E-state index in [9.17, 15) is 0 Å². The van der Waals surface area contributed by atoms with Crippen LogP contribution in [0.15, 0.2) is 23.8 Å². The summed E-state index contributed by atoms with van der Waals surface area (Å²) in [5.74, 6) is 0.875. The van der Waals surface area contributed by atoms with Crippen molar-refractivity contribution in [3.05, 3.63) is 34.4 Å². The van der Waals surface area contributed by atoms with Crippen molar-refractivity contribution in [2.24, 2.45) is 0 Å². The summed E-state index contributed by atoms with van der Waals surface area (Å²) < 4.78 is 5.37. The van der Waals surface area contributed by atoms with E-state index >= 15 is 0 Å². The molecule has 19 heavy (non-hydrogen) atoms. The van der Waals surface area contributed by atoms with Crippen molar-refractivity contribution in [3.8, 4) is 5.75 Å². The first-order chi connectivity index (χ1) is 9.19. The summed E-state index contributed by atoms with van der Waals surface area (Å²) in [7, 11) is 1.69. The molecule has 1 aromatic rings. The number of hydrogen-bond donors (Lipinski definition) is 1. The lowest BCUT2D eigenvalue weighted by Gasteiger charge is -2.23. The minimum atomic E-state index is 0.621. The van der Waals surface area contributed by atoms with Crippen molar-refractivity contribution >= 4 is 17.7 Å². The molecule has 104 valence electrons. The third kappa shape index (κ3) is 4.26. The highest BCUT2D eigenvalue weighted by molar-refractivity contribution is 6.30. The second-order valence-corrected chi connectivity index (χ2v) is 5.66. The van der Waals surface area contributed by atoms with E-state index in [1.807, 2.05) is 18.2 Å². The van der Waals surface area contributed by atoms with E-state index in [-0.39, 0.29) is 0 Å². The Morgan fingerprint density at radius 1 is 1.47 bits per heavy atom. The van der Waals surface area contributed by atoms with Crippen LogP contribution in [0.25, 0.3) is 6.08 Å². The first-order valence-corrected chi connectivity index (χ1v) is 7.31. The van der Waals surface area contributed by atoms with Crippen molar-refractivity contribution in [3.63, 3.8) is 0 Å². The van der Waals surface area contributed by atoms with Gasteiger partial charge in [0.25, 0.3) is 0 Å². The molecule has 1 aromatic carbocycles. The second-order valence-electron chi connectivity index (χ2n) is 5.23. The molecule has 0 aliphatic carbocycles. The third-order valence-electron chi connectivity index (χ3n) is 3.57. The molecular weight excluding hydrogens is 258 g/mol. The lowest BCUT2D eigenvalue weighted by Crippen LogP contribution is -2.33. The molecule has 1 saturated heterocycles. The molecule has 2 nitrogen and oxygen atoms in total. The Morgan fingerprint density at radius 3 is 3.00 bits per heavy atom. The molecule has 1 aliphatic heterocycles. The van der Waals surface area contributed by atoms with Gasteiger partial charge in [0.05, 0.1) is 7.11 Å². The molecule has 0 bridgehead atoms. The van der Waals surface area contributed by atoms with Crippen LogP contribution in [0.1, 0.15) is 38.2 Å². The van der Waals surface area contributed by atoms with Crippen molar-refractivity contribution in [2.75, 3.05) is 13.7 Å². The molecule has 0 spiro atoms. The van der Waals surface area contributed by atoms with Crippen LogP contribution in [-0.4, -0.2) is 19.7 Å². The lowest BCUT2D eigenvalue weighted by molar-refractivity contribution is 0.399. The van der Waals surface area contributed by atoms with E-state index in [4.69, 9.17) is 16.3 Å². The Hall–Kier alpha value is -0.990. The maximum atomic E-state index is 6.05. The molecule has 0 amide bonds. The fourth-order valence-electron chi connectivity index (χ4n) is 2.63. The van der Waals surface area contributed by atoms with Crippen LogP contribution in [0.2, 0.25) is 5.02 Å². The van der Waals surface area contributed by atoms with E-state index in [2.05, 4.69) is 18.3 Å². The highest BCUT2D eigenvalue weighted by Crippen LogP contribution is 2.26. The number of rotatable bonds is 4. The molecular formula is C16H22ClNO. The van der Waals surface area contributed by atoms with Gasteiger partial charge in [-0.1, -0.05) is 29.7 Å². The van der Waals surface area contributed by atoms with Crippen LogP contribution in [0.5, 0.6) is 5.75 Å². The fourth-order valence-corrected chi connectivity index (χ4v) is 2.81. The predicted molar refractivity (Wildman–Crippen MR) is 81.9 cm³/mol. The fraction of sp³-hybridized carbons (Fsp3) is 0.500. The molecule has 1 aliphatic rings. The van der Waals surface area contributed by atoms with E-state index in [1.165, 1.54) is 24.8 Å². The number of benzene rings is 1. The normalized spacial score (nSPS) is 20.4. The summed E-state index contributed by atoms with van der Waals surface area (Å²) in [6.07, 6.45) is 7.20. The summed E-state index contributed by atoms with van der Waals surface area (Å²) in [6, 6.07) is 6.35. The zero-order chi connectivity index (χ0) is 13.7. The molecule has 2 rings (SSSR count). The molecule has 0 aromatic heterocycles. The van der Waals surface area contributed by atoms with Crippen LogP contribution in [0, 0.1) is 0 Å². The molecule has 3 heteroatoms. The minimum Gasteiger partial charge on any atom is -0.496 e. The summed E-state index contributed by atoms with van der Waals surface area (Å²) in [5, 5.41) is 4.32. The monoisotopic (exact) mass is 279 g/mol. The summed E-state index contributed by atoms with van der Waals surface area (Å²) in [5.41, 5.74) is 2.42. The molecule has 1 unspecified atom stereocenters. The Labute approximate surface area is 120 Å². The van der Waals surface area contributed by atoms with Gasteiger partial charge in [0.2, 0.25) is 0 Å². The van der Waals surface area contributed by atoms with Gasteiger partial charge >= 0.3 is 0 Å². The molecule has 1 fully saturated rings. The summed E-state index contributed by atoms with van der Waals surface area (Å²) >= 11 is 6.05. The number of ether oxygens (including phenoxy) is 1. The van der Waals surface area contributed by atoms with Crippen LogP contribution in [0.4, 0.5) is 0 Å². The average Bonchev–Trinajstić information content (AvgIpc) is 2.40. The van der Waals surface area contributed by atoms with E-state index < -0.39 is 0 Å². The van der Waals surface area contributed by atoms with Gasteiger partial charge in [-0.25, -0.2) is 0 Å². The van der Waals surface area contributed by atoms with Crippen LogP contribution < -0.4 is 10.1 Å². The van der Waals surface area contributed by atoms with Gasteiger partial charge in [-0.2, -0.15) is 0 Å². The zero-order valence-corrected chi connectivity index (χ0v) is 12.5. The molecule has 0 radical (unpaired) electrons. The Balaban J connectivity index is 2.08. The van der Waals surface area contributed by atoms with Gasteiger partial charge in [-0.3, -0.25) is 0 Å². The number of hydrogen-bond acceptors (Lipinski definition) is 2. The number of halogens is 1. The van der Waals surface area contributed by atoms with Gasteiger partial charge < -0.3 is 10.1 Å². The smallest absolute Gasteiger partial charge is 0.126 e. The average molecular weight is 280 g/mol. The lowest BCUT2D eigenvalue weighted by atomic mass is 9.97. The predicted octanol–water partition coefficient (Wildman–Crippen LogP) is 4.28. The van der Waals surface area contributed by atoms with Crippen molar-refractivity contribution in [2.45, 2.75) is 38.6 Å². The topological polar surface area (TPSA) is 21.3 Å². The summed E-state index contributed by atoms with van der Waals surface area (Å²) in [4.78, 5) is 0. The van der Waals surface area contributed by atoms with Crippen molar-refractivity contribution in [1.82, 2.24) is 5.32 Å². The maximum absolute atomic E-state index is 6.05. The van der Waals surface area contributed by atoms with Crippen LogP contribution >= 0.6 is 11.6 Å². The van der Waals surface area contributed by atoms with Gasteiger partial charge in [0.15, 0.2) is 0 Å². The maximum Gasteiger partial charge on any atom is 0.126 e. The van der Waals surface area contributed by atoms with Gasteiger partial charge in [0, 0.05) is 16.6 Å². The number of piperidine rings is 1. The van der Waals surface area contributed by atoms with Crippen molar-refractivity contribution < 1.29 is 4.74 Å². The van der Waals surface area contributed by atoms with E-state index in [0.29, 0.717) is 6.04 Å². The van der Waals surface area contributed by atoms with Crippen LogP contribution in [0.3, 0.4) is 0 Å². The van der Waals surface area contributed by atoms with Gasteiger partial charge in [0.1, 0.15) is 5.75 Å². The standard InChI is InChI=1S/C16H22ClNO/c1-12(10-15-5-3-4-8-18-15)9-13-11-14(17)6-7-16(13)19-2/h6-7,9,11,15,18H,3-5,8,10H2,1-2H3/b12-9-. The van der Waals surface area contributed by atoms with Gasteiger partial charge in [-0.15, -0.1) is 0 Å². The minimum absolute atomic E-state index is 0.621. The van der Waals surface area contributed by atoms with Gasteiger partial charge in [-0.05, 0) is 50.9 Å². The first-order valence-electron chi connectivity index (χ1n) is 6.93. The van der Waals surface area contributed by atoms with Crippen LogP contribution in [-0.2, 0) is 0 Å². The summed E-state index contributed by atoms with van der Waals surface area (Å²) in [6.45, 7) is 3.33. The van der Waals surface area contributed by atoms with E-state index in [0.717, 1.165) is 29.3 Å². The quantitative estimate of drug-likeness (QED) is 0.888.